The molecule has 3 rings (SSSR count). The van der Waals surface area contributed by atoms with Crippen molar-refractivity contribution >= 4 is 22.4 Å². The van der Waals surface area contributed by atoms with Crippen LogP contribution in [0.25, 0.3) is 0 Å². The third kappa shape index (κ3) is 3.15. The van der Waals surface area contributed by atoms with E-state index in [0.717, 1.165) is 24.5 Å². The lowest BCUT2D eigenvalue weighted by atomic mass is 9.88. The van der Waals surface area contributed by atoms with Crippen LogP contribution in [0.5, 0.6) is 0 Å². The molecule has 0 radical (unpaired) electrons. The number of aromatic amines is 1. The molecule has 2 heterocycles. The smallest absolute Gasteiger partial charge is 0.277 e. The Kier molecular flexibility index (Phi) is 4.05. The number of hydrogen-bond acceptors (Lipinski definition) is 4. The van der Waals surface area contributed by atoms with Gasteiger partial charge >= 0.3 is 0 Å². The summed E-state index contributed by atoms with van der Waals surface area (Å²) in [6, 6.07) is 1.74. The molecule has 0 aliphatic heterocycles. The van der Waals surface area contributed by atoms with Gasteiger partial charge in [-0.1, -0.05) is 19.8 Å². The highest BCUT2D eigenvalue weighted by Crippen LogP contribution is 2.34. The van der Waals surface area contributed by atoms with E-state index in [9.17, 15) is 4.79 Å². The fourth-order valence-electron chi connectivity index (χ4n) is 2.85. The van der Waals surface area contributed by atoms with Crippen LogP contribution in [0.15, 0.2) is 6.07 Å². The first-order valence-corrected chi connectivity index (χ1v) is 8.29. The highest BCUT2D eigenvalue weighted by molar-refractivity contribution is 7.15. The number of nitrogens with one attached hydrogen (secondary N) is 2. The summed E-state index contributed by atoms with van der Waals surface area (Å²) < 4.78 is 0. The molecule has 112 valence electrons. The molecule has 0 bridgehead atoms. The Morgan fingerprint density at radius 3 is 3.14 bits per heavy atom. The molecule has 1 amide bonds. The van der Waals surface area contributed by atoms with Gasteiger partial charge < -0.3 is 0 Å². The summed E-state index contributed by atoms with van der Waals surface area (Å²) >= 11 is 1.61. The first-order valence-electron chi connectivity index (χ1n) is 7.47. The number of H-pyrrole nitrogens is 1. The first-order chi connectivity index (χ1) is 10.2. The van der Waals surface area contributed by atoms with Gasteiger partial charge in [0.2, 0.25) is 0 Å². The molecule has 0 saturated heterocycles. The van der Waals surface area contributed by atoms with E-state index in [4.69, 9.17) is 0 Å². The van der Waals surface area contributed by atoms with E-state index in [0.29, 0.717) is 10.8 Å². The van der Waals surface area contributed by atoms with Gasteiger partial charge in [0.05, 0.1) is 5.69 Å². The van der Waals surface area contributed by atoms with Crippen molar-refractivity contribution in [2.75, 3.05) is 5.32 Å². The second-order valence-corrected chi connectivity index (χ2v) is 6.76. The molecule has 5 nitrogen and oxygen atoms in total. The fourth-order valence-corrected chi connectivity index (χ4v) is 3.96. The third-order valence-electron chi connectivity index (χ3n) is 3.90. The molecule has 2 aromatic rings. The van der Waals surface area contributed by atoms with E-state index in [1.807, 2.05) is 6.92 Å². The number of anilines is 1. The highest BCUT2D eigenvalue weighted by atomic mass is 32.1. The van der Waals surface area contributed by atoms with Crippen LogP contribution in [0.1, 0.15) is 52.9 Å². The number of carbonyl (C=O) groups excluding carboxylic acids is 1. The number of amides is 1. The van der Waals surface area contributed by atoms with Crippen LogP contribution in [-0.2, 0) is 12.8 Å². The van der Waals surface area contributed by atoms with Gasteiger partial charge in [-0.25, -0.2) is 4.98 Å². The van der Waals surface area contributed by atoms with Crippen molar-refractivity contribution < 1.29 is 4.79 Å². The third-order valence-corrected chi connectivity index (χ3v) is 4.93. The van der Waals surface area contributed by atoms with Crippen LogP contribution in [0.3, 0.4) is 0 Å². The maximum atomic E-state index is 12.1. The van der Waals surface area contributed by atoms with E-state index in [-0.39, 0.29) is 5.91 Å². The van der Waals surface area contributed by atoms with Gasteiger partial charge in [0, 0.05) is 10.6 Å². The normalized spacial score (nSPS) is 17.5. The summed E-state index contributed by atoms with van der Waals surface area (Å²) in [5.41, 5.74) is 2.45. The molecule has 0 fully saturated rings. The number of thiazole rings is 1. The quantitative estimate of drug-likeness (QED) is 0.910. The maximum Gasteiger partial charge on any atom is 0.277 e. The average Bonchev–Trinajstić information content (AvgIpc) is 3.04. The number of nitrogens with zero attached hydrogens (tertiary/aromatic N) is 2. The van der Waals surface area contributed by atoms with Crippen LogP contribution >= 0.6 is 11.3 Å². The highest BCUT2D eigenvalue weighted by Gasteiger charge is 2.23. The molecule has 1 aliphatic rings. The largest absolute Gasteiger partial charge is 0.296 e. The molecule has 0 aromatic carbocycles. The molecule has 1 atom stereocenters. The molecule has 0 spiro atoms. The minimum atomic E-state index is -0.199. The molecule has 6 heteroatoms. The second-order valence-electron chi connectivity index (χ2n) is 5.68. The Hall–Kier alpha value is -1.69. The van der Waals surface area contributed by atoms with Crippen molar-refractivity contribution in [3.05, 3.63) is 28.0 Å². The molecule has 21 heavy (non-hydrogen) atoms. The van der Waals surface area contributed by atoms with Gasteiger partial charge in [0.25, 0.3) is 5.91 Å². The molecule has 2 N–H and O–H groups in total. The van der Waals surface area contributed by atoms with E-state index in [2.05, 4.69) is 27.4 Å². The zero-order valence-electron chi connectivity index (χ0n) is 12.4. The lowest BCUT2D eigenvalue weighted by Crippen LogP contribution is -2.13. The Morgan fingerprint density at radius 1 is 1.57 bits per heavy atom. The topological polar surface area (TPSA) is 70.7 Å². The predicted octanol–water partition coefficient (Wildman–Crippen LogP) is 3.33. The van der Waals surface area contributed by atoms with Crippen molar-refractivity contribution in [3.8, 4) is 0 Å². The zero-order chi connectivity index (χ0) is 14.8. The van der Waals surface area contributed by atoms with Gasteiger partial charge in [-0.2, -0.15) is 5.10 Å². The Bertz CT molecular complexity index is 646. The maximum absolute atomic E-state index is 12.1. The van der Waals surface area contributed by atoms with Crippen molar-refractivity contribution in [3.63, 3.8) is 0 Å². The van der Waals surface area contributed by atoms with Crippen molar-refractivity contribution in [2.45, 2.75) is 46.0 Å². The molecule has 0 saturated carbocycles. The van der Waals surface area contributed by atoms with Gasteiger partial charge in [0.15, 0.2) is 10.8 Å². The number of aromatic nitrogens is 3. The van der Waals surface area contributed by atoms with Gasteiger partial charge in [0.1, 0.15) is 0 Å². The minimum Gasteiger partial charge on any atom is -0.296 e. The van der Waals surface area contributed by atoms with E-state index in [1.165, 1.54) is 29.8 Å². The van der Waals surface area contributed by atoms with E-state index in [1.54, 1.807) is 17.4 Å². The van der Waals surface area contributed by atoms with Crippen molar-refractivity contribution in [1.29, 1.82) is 0 Å². The predicted molar refractivity (Wildman–Crippen MR) is 83.8 cm³/mol. The van der Waals surface area contributed by atoms with Crippen LogP contribution < -0.4 is 5.32 Å². The number of aryl methyl sites for hydroxylation is 2. The summed E-state index contributed by atoms with van der Waals surface area (Å²) in [5.74, 6) is 0.580. The lowest BCUT2D eigenvalue weighted by molar-refractivity contribution is 0.102. The van der Waals surface area contributed by atoms with Crippen LogP contribution in [0, 0.1) is 12.8 Å². The number of hydrogen-bond donors (Lipinski definition) is 2. The zero-order valence-corrected chi connectivity index (χ0v) is 13.2. The molecule has 1 aliphatic carbocycles. The standard InChI is InChI=1S/C15H20N4OS/c1-3-4-10-5-6-11-13(8-10)21-15(16-11)17-14(20)12-7-9(2)18-19-12/h7,10H,3-6,8H2,1-2H3,(H,18,19)(H,16,17,20). The monoisotopic (exact) mass is 304 g/mol. The Balaban J connectivity index is 1.69. The molecule has 1 unspecified atom stereocenters. The van der Waals surface area contributed by atoms with Crippen molar-refractivity contribution in [1.82, 2.24) is 15.2 Å². The Morgan fingerprint density at radius 2 is 2.43 bits per heavy atom. The first kappa shape index (κ1) is 14.3. The summed E-state index contributed by atoms with van der Waals surface area (Å²) in [6.07, 6.45) is 5.88. The number of carbonyl (C=O) groups is 1. The minimum absolute atomic E-state index is 0.199. The lowest BCUT2D eigenvalue weighted by Gasteiger charge is -2.19. The second kappa shape index (κ2) is 5.97. The molecular formula is C15H20N4OS. The summed E-state index contributed by atoms with van der Waals surface area (Å²) in [7, 11) is 0. The van der Waals surface area contributed by atoms with Crippen LogP contribution in [-0.4, -0.2) is 21.1 Å². The summed E-state index contributed by atoms with van der Waals surface area (Å²) in [5, 5.41) is 10.3. The number of fused-ring (bicyclic) bond motifs is 1. The average molecular weight is 304 g/mol. The summed E-state index contributed by atoms with van der Waals surface area (Å²) in [6.45, 7) is 4.11. The molecular weight excluding hydrogens is 284 g/mol. The summed E-state index contributed by atoms with van der Waals surface area (Å²) in [4.78, 5) is 18.0. The molecule has 2 aromatic heterocycles. The van der Waals surface area contributed by atoms with Gasteiger partial charge in [-0.3, -0.25) is 15.2 Å². The van der Waals surface area contributed by atoms with Crippen LogP contribution in [0.2, 0.25) is 0 Å². The van der Waals surface area contributed by atoms with E-state index >= 15 is 0 Å². The van der Waals surface area contributed by atoms with Crippen LogP contribution in [0.4, 0.5) is 5.13 Å². The SMILES string of the molecule is CCCC1CCc2nc(NC(=O)c3cc(C)[nH]n3)sc2C1. The van der Waals surface area contributed by atoms with Crippen molar-refractivity contribution in [2.24, 2.45) is 5.92 Å². The fraction of sp³-hybridized carbons (Fsp3) is 0.533. The number of rotatable bonds is 4. The van der Waals surface area contributed by atoms with E-state index < -0.39 is 0 Å². The van der Waals surface area contributed by atoms with Gasteiger partial charge in [-0.05, 0) is 38.2 Å². The Labute approximate surface area is 128 Å². The van der Waals surface area contributed by atoms with Gasteiger partial charge in [-0.15, -0.1) is 11.3 Å².